The second-order valence-electron chi connectivity index (χ2n) is 5.80. The molecule has 1 aliphatic heterocycles. The number of carbonyl (C=O) groups is 1. The summed E-state index contributed by atoms with van der Waals surface area (Å²) < 4.78 is 0. The van der Waals surface area contributed by atoms with E-state index in [2.05, 4.69) is 16.4 Å². The lowest BCUT2D eigenvalue weighted by molar-refractivity contribution is 0.0992. The third-order valence-electron chi connectivity index (χ3n) is 4.26. The Labute approximate surface area is 155 Å². The molecule has 6 heteroatoms. The number of nitrogens with one attached hydrogen (secondary N) is 1. The predicted molar refractivity (Wildman–Crippen MR) is 100 cm³/mol. The van der Waals surface area contributed by atoms with Gasteiger partial charge >= 0.3 is 0 Å². The second-order valence-corrected chi connectivity index (χ2v) is 6.24. The Kier molecular flexibility index (Phi) is 4.04. The van der Waals surface area contributed by atoms with Crippen LogP contribution in [0.5, 0.6) is 0 Å². The molecule has 1 atom stereocenters. The van der Waals surface area contributed by atoms with Crippen molar-refractivity contribution in [2.24, 2.45) is 0 Å². The van der Waals surface area contributed by atoms with Gasteiger partial charge in [0.15, 0.2) is 0 Å². The van der Waals surface area contributed by atoms with E-state index in [-0.39, 0.29) is 5.91 Å². The van der Waals surface area contributed by atoms with E-state index >= 15 is 0 Å². The first-order valence-electron chi connectivity index (χ1n) is 7.99. The summed E-state index contributed by atoms with van der Waals surface area (Å²) in [6.07, 6.45) is 1.04. The zero-order valence-corrected chi connectivity index (χ0v) is 14.3. The van der Waals surface area contributed by atoms with Crippen LogP contribution in [-0.4, -0.2) is 10.9 Å². The Bertz CT molecular complexity index is 1030. The van der Waals surface area contributed by atoms with Gasteiger partial charge in [-0.3, -0.25) is 9.69 Å². The Morgan fingerprint density at radius 3 is 2.62 bits per heavy atom. The molecule has 1 amide bonds. The van der Waals surface area contributed by atoms with Crippen LogP contribution in [0, 0.1) is 11.3 Å². The van der Waals surface area contributed by atoms with Gasteiger partial charge < -0.3 is 5.32 Å². The number of fused-ring (bicyclic) bond motifs is 1. The van der Waals surface area contributed by atoms with Crippen LogP contribution in [-0.2, 0) is 0 Å². The summed E-state index contributed by atoms with van der Waals surface area (Å²) in [7, 11) is 0. The molecule has 3 aromatic rings. The molecule has 1 unspecified atom stereocenters. The lowest BCUT2D eigenvalue weighted by Crippen LogP contribution is -2.33. The Balaban J connectivity index is 1.81. The number of hydrogen-bond acceptors (Lipinski definition) is 4. The third-order valence-corrected chi connectivity index (χ3v) is 4.48. The summed E-state index contributed by atoms with van der Waals surface area (Å²) in [6.45, 7) is 0. The number of hydrogen-bond donors (Lipinski definition) is 1. The van der Waals surface area contributed by atoms with Gasteiger partial charge in [0.1, 0.15) is 18.1 Å². The number of rotatable bonds is 3. The molecule has 0 saturated heterocycles. The molecule has 2 aromatic carbocycles. The van der Waals surface area contributed by atoms with E-state index in [4.69, 9.17) is 11.6 Å². The van der Waals surface area contributed by atoms with E-state index in [1.165, 1.54) is 6.20 Å². The first kappa shape index (κ1) is 16.1. The molecule has 0 aliphatic carbocycles. The minimum atomic E-state index is -0.470. The highest BCUT2D eigenvalue weighted by Crippen LogP contribution is 2.37. The number of anilines is 2. The topological polar surface area (TPSA) is 69.0 Å². The molecule has 26 heavy (non-hydrogen) atoms. The molecular formula is C20H13ClN4O. The Morgan fingerprint density at radius 1 is 1.08 bits per heavy atom. The quantitative estimate of drug-likeness (QED) is 0.752. The summed E-state index contributed by atoms with van der Waals surface area (Å²) in [5.41, 5.74) is 2.61. The highest BCUT2D eigenvalue weighted by atomic mass is 35.5. The largest absolute Gasteiger partial charge is 0.360 e. The van der Waals surface area contributed by atoms with Gasteiger partial charge in [-0.2, -0.15) is 5.26 Å². The van der Waals surface area contributed by atoms with Crippen molar-refractivity contribution in [2.45, 2.75) is 6.17 Å². The van der Waals surface area contributed by atoms with Crippen LogP contribution in [0.2, 0.25) is 5.02 Å². The first-order valence-corrected chi connectivity index (χ1v) is 8.36. The second kappa shape index (κ2) is 6.51. The van der Waals surface area contributed by atoms with Gasteiger partial charge in [-0.15, -0.1) is 0 Å². The molecule has 126 valence electrons. The number of carbonyl (C=O) groups excluding carboxylic acids is 1. The molecule has 1 N–H and O–H groups in total. The number of benzene rings is 2. The van der Waals surface area contributed by atoms with Crippen LogP contribution < -0.4 is 10.2 Å². The number of para-hydroxylation sites is 1. The molecule has 4 rings (SSSR count). The smallest absolute Gasteiger partial charge is 0.261 e. The molecular weight excluding hydrogens is 348 g/mol. The summed E-state index contributed by atoms with van der Waals surface area (Å²) >= 11 is 5.93. The average molecular weight is 361 g/mol. The van der Waals surface area contributed by atoms with Gasteiger partial charge in [0, 0.05) is 17.3 Å². The molecule has 0 saturated carbocycles. The lowest BCUT2D eigenvalue weighted by atomic mass is 10.1. The predicted octanol–water partition coefficient (Wildman–Crippen LogP) is 4.38. The van der Waals surface area contributed by atoms with Gasteiger partial charge in [0.2, 0.25) is 0 Å². The van der Waals surface area contributed by atoms with Crippen LogP contribution in [0.3, 0.4) is 0 Å². The van der Waals surface area contributed by atoms with Crippen molar-refractivity contribution < 1.29 is 4.79 Å². The maximum Gasteiger partial charge on any atom is 0.261 e. The minimum absolute atomic E-state index is 0.151. The van der Waals surface area contributed by atoms with Crippen molar-refractivity contribution in [3.8, 4) is 6.07 Å². The zero-order valence-electron chi connectivity index (χ0n) is 13.6. The summed E-state index contributed by atoms with van der Waals surface area (Å²) in [5, 5.41) is 13.2. The van der Waals surface area contributed by atoms with Crippen molar-refractivity contribution >= 4 is 29.0 Å². The van der Waals surface area contributed by atoms with Crippen molar-refractivity contribution in [3.05, 3.63) is 88.6 Å². The highest BCUT2D eigenvalue weighted by Gasteiger charge is 2.38. The highest BCUT2D eigenvalue weighted by molar-refractivity contribution is 6.30. The monoisotopic (exact) mass is 360 g/mol. The van der Waals surface area contributed by atoms with E-state index in [1.54, 1.807) is 35.2 Å². The van der Waals surface area contributed by atoms with E-state index in [9.17, 15) is 10.1 Å². The zero-order chi connectivity index (χ0) is 18.1. The van der Waals surface area contributed by atoms with Crippen molar-refractivity contribution in [1.82, 2.24) is 4.98 Å². The fraction of sp³-hybridized carbons (Fsp3) is 0.0500. The van der Waals surface area contributed by atoms with E-state index in [0.717, 1.165) is 5.56 Å². The van der Waals surface area contributed by atoms with Crippen LogP contribution in [0.4, 0.5) is 11.5 Å². The number of nitrogens with zero attached hydrogens (tertiary/aromatic N) is 3. The van der Waals surface area contributed by atoms with E-state index in [1.807, 2.05) is 30.3 Å². The first-order chi connectivity index (χ1) is 12.7. The Hall–Kier alpha value is -3.36. The molecule has 0 spiro atoms. The van der Waals surface area contributed by atoms with Crippen LogP contribution in [0.1, 0.15) is 27.7 Å². The molecule has 0 bridgehead atoms. The third kappa shape index (κ3) is 2.67. The number of pyridine rings is 1. The normalized spacial score (nSPS) is 15.5. The summed E-state index contributed by atoms with van der Waals surface area (Å²) in [5.74, 6) is 0.338. The van der Waals surface area contributed by atoms with E-state index in [0.29, 0.717) is 27.7 Å². The molecule has 0 fully saturated rings. The molecule has 2 heterocycles. The van der Waals surface area contributed by atoms with Crippen LogP contribution >= 0.6 is 11.6 Å². The lowest BCUT2D eigenvalue weighted by Gasteiger charge is -2.26. The SMILES string of the molecule is N#Cc1ccccc1NC1c2ccccc2C(=O)N1c1ccc(Cl)cn1. The van der Waals surface area contributed by atoms with E-state index < -0.39 is 6.17 Å². The molecule has 1 aliphatic rings. The average Bonchev–Trinajstić information content (AvgIpc) is 2.95. The number of halogens is 1. The molecule has 1 aromatic heterocycles. The van der Waals surface area contributed by atoms with Crippen LogP contribution in [0.15, 0.2) is 66.9 Å². The standard InChI is InChI=1S/C20H13ClN4O/c21-14-9-10-18(23-12-14)25-19(15-6-2-3-7-16(15)20(25)26)24-17-8-4-1-5-13(17)11-22/h1-10,12,19,24H. The van der Waals surface area contributed by atoms with Crippen molar-refractivity contribution in [1.29, 1.82) is 5.26 Å². The molecule has 5 nitrogen and oxygen atoms in total. The minimum Gasteiger partial charge on any atom is -0.360 e. The van der Waals surface area contributed by atoms with Gasteiger partial charge in [0.25, 0.3) is 5.91 Å². The number of amides is 1. The fourth-order valence-electron chi connectivity index (χ4n) is 3.06. The van der Waals surface area contributed by atoms with Gasteiger partial charge in [-0.25, -0.2) is 4.98 Å². The maximum atomic E-state index is 13.0. The maximum absolute atomic E-state index is 13.0. The number of nitriles is 1. The number of aromatic nitrogens is 1. The fourth-order valence-corrected chi connectivity index (χ4v) is 3.17. The van der Waals surface area contributed by atoms with Gasteiger partial charge in [-0.05, 0) is 30.3 Å². The van der Waals surface area contributed by atoms with Crippen molar-refractivity contribution in [3.63, 3.8) is 0 Å². The van der Waals surface area contributed by atoms with Crippen LogP contribution in [0.25, 0.3) is 0 Å². The van der Waals surface area contributed by atoms with Gasteiger partial charge in [-0.1, -0.05) is 41.9 Å². The Morgan fingerprint density at radius 2 is 1.85 bits per heavy atom. The summed E-state index contributed by atoms with van der Waals surface area (Å²) in [6, 6.07) is 20.2. The van der Waals surface area contributed by atoms with Crippen molar-refractivity contribution in [2.75, 3.05) is 10.2 Å². The van der Waals surface area contributed by atoms with Gasteiger partial charge in [0.05, 0.1) is 16.3 Å². The molecule has 0 radical (unpaired) electrons. The summed E-state index contributed by atoms with van der Waals surface area (Å²) in [4.78, 5) is 18.9.